The second kappa shape index (κ2) is 8.97. The first-order valence-corrected chi connectivity index (χ1v) is 10.5. The van der Waals surface area contributed by atoms with Crippen LogP contribution in [0, 0.1) is 0 Å². The SMILES string of the molecule is CC(Sc1nc2ccccc2[nH]1)C(=O)N(Cc1ccccc1)Cc1ccccc1. The number of nitrogens with one attached hydrogen (secondary N) is 1. The van der Waals surface area contributed by atoms with Crippen molar-refractivity contribution in [3.8, 4) is 0 Å². The minimum atomic E-state index is -0.247. The maximum Gasteiger partial charge on any atom is 0.236 e. The van der Waals surface area contributed by atoms with Crippen molar-refractivity contribution in [2.45, 2.75) is 30.4 Å². The van der Waals surface area contributed by atoms with Crippen LogP contribution in [0.2, 0.25) is 0 Å². The van der Waals surface area contributed by atoms with Gasteiger partial charge >= 0.3 is 0 Å². The summed E-state index contributed by atoms with van der Waals surface area (Å²) < 4.78 is 0. The molecular formula is C24H23N3OS. The molecule has 4 aromatic rings. The Morgan fingerprint density at radius 3 is 2.03 bits per heavy atom. The maximum absolute atomic E-state index is 13.3. The highest BCUT2D eigenvalue weighted by Gasteiger charge is 2.23. The average molecular weight is 402 g/mol. The topological polar surface area (TPSA) is 49.0 Å². The van der Waals surface area contributed by atoms with Crippen LogP contribution >= 0.6 is 11.8 Å². The zero-order valence-corrected chi connectivity index (χ0v) is 17.1. The molecule has 0 saturated carbocycles. The molecule has 0 aliphatic heterocycles. The molecule has 0 radical (unpaired) electrons. The second-order valence-electron chi connectivity index (χ2n) is 6.98. The highest BCUT2D eigenvalue weighted by Crippen LogP contribution is 2.25. The number of nitrogens with zero attached hydrogens (tertiary/aromatic N) is 2. The molecular weight excluding hydrogens is 378 g/mol. The van der Waals surface area contributed by atoms with Crippen LogP contribution in [0.15, 0.2) is 90.1 Å². The minimum absolute atomic E-state index is 0.100. The fourth-order valence-corrected chi connectivity index (χ4v) is 4.18. The molecule has 5 heteroatoms. The lowest BCUT2D eigenvalue weighted by molar-refractivity contribution is -0.131. The number of rotatable bonds is 7. The van der Waals surface area contributed by atoms with Crippen molar-refractivity contribution in [3.63, 3.8) is 0 Å². The molecule has 0 saturated heterocycles. The Morgan fingerprint density at radius 2 is 1.45 bits per heavy atom. The summed E-state index contributed by atoms with van der Waals surface area (Å²) in [4.78, 5) is 23.2. The Bertz CT molecular complexity index is 1000. The summed E-state index contributed by atoms with van der Waals surface area (Å²) in [5.74, 6) is 0.100. The van der Waals surface area contributed by atoms with E-state index in [-0.39, 0.29) is 11.2 Å². The third-order valence-corrected chi connectivity index (χ3v) is 5.72. The maximum atomic E-state index is 13.3. The Morgan fingerprint density at radius 1 is 0.897 bits per heavy atom. The van der Waals surface area contributed by atoms with Crippen LogP contribution in [0.4, 0.5) is 0 Å². The first-order valence-electron chi connectivity index (χ1n) is 9.67. The normalized spacial score (nSPS) is 12.0. The van der Waals surface area contributed by atoms with Gasteiger partial charge in [0.1, 0.15) is 0 Å². The van der Waals surface area contributed by atoms with Crippen LogP contribution in [0.1, 0.15) is 18.1 Å². The van der Waals surface area contributed by atoms with Gasteiger partial charge in [-0.05, 0) is 30.2 Å². The number of thioether (sulfide) groups is 1. The predicted molar refractivity (Wildman–Crippen MR) is 119 cm³/mol. The second-order valence-corrected chi connectivity index (χ2v) is 8.31. The number of aromatic amines is 1. The van der Waals surface area contributed by atoms with E-state index in [1.165, 1.54) is 11.8 Å². The summed E-state index contributed by atoms with van der Waals surface area (Å²) >= 11 is 1.47. The number of carbonyl (C=O) groups is 1. The quantitative estimate of drug-likeness (QED) is 0.429. The van der Waals surface area contributed by atoms with Crippen molar-refractivity contribution in [2.24, 2.45) is 0 Å². The van der Waals surface area contributed by atoms with Gasteiger partial charge in [0.05, 0.1) is 16.3 Å². The molecule has 4 nitrogen and oxygen atoms in total. The largest absolute Gasteiger partial charge is 0.333 e. The van der Waals surface area contributed by atoms with Gasteiger partial charge in [0, 0.05) is 13.1 Å². The van der Waals surface area contributed by atoms with Crippen molar-refractivity contribution in [2.75, 3.05) is 0 Å². The summed E-state index contributed by atoms with van der Waals surface area (Å²) in [6, 6.07) is 28.2. The van der Waals surface area contributed by atoms with Gasteiger partial charge in [0.25, 0.3) is 0 Å². The fourth-order valence-electron chi connectivity index (χ4n) is 3.28. The molecule has 0 aliphatic rings. The van der Waals surface area contributed by atoms with Gasteiger partial charge in [-0.25, -0.2) is 4.98 Å². The van der Waals surface area contributed by atoms with E-state index in [2.05, 4.69) is 34.2 Å². The Balaban J connectivity index is 1.52. The summed E-state index contributed by atoms with van der Waals surface area (Å²) in [7, 11) is 0. The monoisotopic (exact) mass is 401 g/mol. The van der Waals surface area contributed by atoms with Crippen LogP contribution < -0.4 is 0 Å². The van der Waals surface area contributed by atoms with Gasteiger partial charge in [0.15, 0.2) is 5.16 Å². The van der Waals surface area contributed by atoms with Crippen LogP contribution in [0.3, 0.4) is 0 Å². The molecule has 0 bridgehead atoms. The number of hydrogen-bond acceptors (Lipinski definition) is 3. The standard InChI is InChI=1S/C24H23N3OS/c1-18(29-24-25-21-14-8-9-15-22(21)26-24)23(28)27(16-19-10-4-2-5-11-19)17-20-12-6-3-7-13-20/h2-15,18H,16-17H2,1H3,(H,25,26). The Labute approximate surface area is 175 Å². The first-order chi connectivity index (χ1) is 14.2. The number of H-pyrrole nitrogens is 1. The molecule has 1 unspecified atom stereocenters. The molecule has 0 aliphatic carbocycles. The summed E-state index contributed by atoms with van der Waals surface area (Å²) in [5.41, 5.74) is 4.15. The van der Waals surface area contributed by atoms with Gasteiger partial charge < -0.3 is 9.88 Å². The lowest BCUT2D eigenvalue weighted by Gasteiger charge is -2.25. The lowest BCUT2D eigenvalue weighted by atomic mass is 10.1. The third-order valence-electron chi connectivity index (χ3n) is 4.75. The molecule has 4 rings (SSSR count). The van der Waals surface area contributed by atoms with E-state index in [9.17, 15) is 4.79 Å². The predicted octanol–water partition coefficient (Wildman–Crippen LogP) is 5.27. The number of aromatic nitrogens is 2. The highest BCUT2D eigenvalue weighted by molar-refractivity contribution is 8.00. The molecule has 146 valence electrons. The number of carbonyl (C=O) groups excluding carboxylic acids is 1. The molecule has 0 spiro atoms. The molecule has 29 heavy (non-hydrogen) atoms. The molecule has 1 N–H and O–H groups in total. The molecule has 1 heterocycles. The van der Waals surface area contributed by atoms with E-state index in [1.54, 1.807) is 0 Å². The number of hydrogen-bond donors (Lipinski definition) is 1. The van der Waals surface area contributed by atoms with Gasteiger partial charge in [-0.1, -0.05) is 84.6 Å². The molecule has 1 amide bonds. The molecule has 1 aromatic heterocycles. The Kier molecular flexibility index (Phi) is 5.96. The summed E-state index contributed by atoms with van der Waals surface area (Å²) in [6.07, 6.45) is 0. The minimum Gasteiger partial charge on any atom is -0.333 e. The summed E-state index contributed by atoms with van der Waals surface area (Å²) in [6.45, 7) is 3.11. The van der Waals surface area contributed by atoms with Crippen LogP contribution in [-0.4, -0.2) is 26.0 Å². The summed E-state index contributed by atoms with van der Waals surface area (Å²) in [5, 5.41) is 0.523. The van der Waals surface area contributed by atoms with Crippen molar-refractivity contribution in [1.29, 1.82) is 0 Å². The van der Waals surface area contributed by atoms with Crippen molar-refractivity contribution >= 4 is 28.7 Å². The van der Waals surface area contributed by atoms with Crippen LogP contribution in [0.25, 0.3) is 11.0 Å². The van der Waals surface area contributed by atoms with Gasteiger partial charge in [-0.15, -0.1) is 0 Å². The average Bonchev–Trinajstić information content (AvgIpc) is 3.16. The van der Waals surface area contributed by atoms with Gasteiger partial charge in [0.2, 0.25) is 5.91 Å². The van der Waals surface area contributed by atoms with E-state index >= 15 is 0 Å². The van der Waals surface area contributed by atoms with Crippen molar-refractivity contribution in [3.05, 3.63) is 96.1 Å². The number of fused-ring (bicyclic) bond motifs is 1. The van der Waals surface area contributed by atoms with E-state index in [0.717, 1.165) is 27.3 Å². The number of benzene rings is 3. The van der Waals surface area contributed by atoms with E-state index < -0.39 is 0 Å². The third kappa shape index (κ3) is 4.87. The highest BCUT2D eigenvalue weighted by atomic mass is 32.2. The zero-order chi connectivity index (χ0) is 20.1. The molecule has 1 atom stereocenters. The number of amides is 1. The van der Waals surface area contributed by atoms with E-state index in [0.29, 0.717) is 13.1 Å². The zero-order valence-electron chi connectivity index (χ0n) is 16.3. The fraction of sp³-hybridized carbons (Fsp3) is 0.167. The smallest absolute Gasteiger partial charge is 0.236 e. The van der Waals surface area contributed by atoms with Crippen molar-refractivity contribution in [1.82, 2.24) is 14.9 Å². The molecule has 0 fully saturated rings. The van der Waals surface area contributed by atoms with Crippen LogP contribution in [-0.2, 0) is 17.9 Å². The first kappa shape index (κ1) is 19.3. The lowest BCUT2D eigenvalue weighted by Crippen LogP contribution is -2.35. The molecule has 3 aromatic carbocycles. The van der Waals surface area contributed by atoms with Crippen LogP contribution in [0.5, 0.6) is 0 Å². The van der Waals surface area contributed by atoms with Gasteiger partial charge in [-0.2, -0.15) is 0 Å². The van der Waals surface area contributed by atoms with E-state index in [1.807, 2.05) is 72.5 Å². The van der Waals surface area contributed by atoms with Crippen molar-refractivity contribution < 1.29 is 4.79 Å². The Hall–Kier alpha value is -3.05. The van der Waals surface area contributed by atoms with Gasteiger partial charge in [-0.3, -0.25) is 4.79 Å². The van der Waals surface area contributed by atoms with E-state index in [4.69, 9.17) is 0 Å². The number of imidazole rings is 1. The number of para-hydroxylation sites is 2.